The predicted octanol–water partition coefficient (Wildman–Crippen LogP) is 0.629. The van der Waals surface area contributed by atoms with Crippen LogP contribution in [0.25, 0.3) is 0 Å². The molecule has 0 aromatic rings. The van der Waals surface area contributed by atoms with Gasteiger partial charge in [-0.2, -0.15) is 0 Å². The van der Waals surface area contributed by atoms with Crippen molar-refractivity contribution in [3.63, 3.8) is 0 Å². The third-order valence-corrected chi connectivity index (χ3v) is 4.17. The number of carbonyl (C=O) groups is 2. The monoisotopic (exact) mass is 221 g/mol. The average Bonchev–Trinajstić information content (AvgIpc) is 2.81. The molecule has 0 aromatic heterocycles. The summed E-state index contributed by atoms with van der Waals surface area (Å²) in [6, 6.07) is 0.0551. The standard InChI is InChI=1S/C12H15NO3/c1-5(2)12(15)16-10-6-3-7-8(4-6)11(14)13-9(7)10/h6-10H,1,3-4H2,2H3,(H,13,14). The zero-order valence-electron chi connectivity index (χ0n) is 9.23. The third-order valence-electron chi connectivity index (χ3n) is 4.17. The SMILES string of the molecule is C=C(C)C(=O)OC1C2CC3C(=O)NC1C3C2. The molecular weight excluding hydrogens is 206 g/mol. The molecule has 1 saturated heterocycles. The summed E-state index contributed by atoms with van der Waals surface area (Å²) in [4.78, 5) is 23.1. The van der Waals surface area contributed by atoms with Crippen LogP contribution in [-0.2, 0) is 14.3 Å². The Bertz CT molecular complexity index is 390. The fourth-order valence-electron chi connectivity index (χ4n) is 3.47. The van der Waals surface area contributed by atoms with Gasteiger partial charge in [0.15, 0.2) is 0 Å². The average molecular weight is 221 g/mol. The minimum Gasteiger partial charge on any atom is -0.457 e. The van der Waals surface area contributed by atoms with Gasteiger partial charge in [0.25, 0.3) is 0 Å². The number of ether oxygens (including phenoxy) is 1. The number of amides is 1. The highest BCUT2D eigenvalue weighted by Gasteiger charge is 2.61. The van der Waals surface area contributed by atoms with Gasteiger partial charge in [-0.25, -0.2) is 4.79 Å². The maximum absolute atomic E-state index is 11.6. The van der Waals surface area contributed by atoms with Crippen molar-refractivity contribution in [3.8, 4) is 0 Å². The van der Waals surface area contributed by atoms with E-state index in [-0.39, 0.29) is 29.9 Å². The molecular formula is C12H15NO3. The van der Waals surface area contributed by atoms with E-state index in [0.717, 1.165) is 12.8 Å². The second-order valence-electron chi connectivity index (χ2n) is 5.19. The lowest BCUT2D eigenvalue weighted by atomic mass is 9.88. The van der Waals surface area contributed by atoms with Gasteiger partial charge in [-0.05, 0) is 31.6 Å². The molecule has 16 heavy (non-hydrogen) atoms. The molecule has 3 aliphatic rings. The van der Waals surface area contributed by atoms with Gasteiger partial charge < -0.3 is 10.1 Å². The molecule has 0 aromatic carbocycles. The summed E-state index contributed by atoms with van der Waals surface area (Å²) in [5.41, 5.74) is 0.420. The topological polar surface area (TPSA) is 55.4 Å². The van der Waals surface area contributed by atoms with Gasteiger partial charge in [-0.3, -0.25) is 4.79 Å². The lowest BCUT2D eigenvalue weighted by molar-refractivity contribution is -0.147. The van der Waals surface area contributed by atoms with Crippen LogP contribution in [0.15, 0.2) is 12.2 Å². The highest BCUT2D eigenvalue weighted by Crippen LogP contribution is 2.53. The van der Waals surface area contributed by atoms with E-state index < -0.39 is 0 Å². The van der Waals surface area contributed by atoms with E-state index in [9.17, 15) is 9.59 Å². The molecule has 3 rings (SSSR count). The van der Waals surface area contributed by atoms with Crippen molar-refractivity contribution in [2.45, 2.75) is 31.9 Å². The molecule has 1 heterocycles. The number of esters is 1. The normalized spacial score (nSPS) is 43.3. The number of carbonyl (C=O) groups excluding carboxylic acids is 2. The quantitative estimate of drug-likeness (QED) is 0.549. The van der Waals surface area contributed by atoms with Gasteiger partial charge >= 0.3 is 5.97 Å². The Morgan fingerprint density at radius 3 is 2.94 bits per heavy atom. The first-order chi connectivity index (χ1) is 7.58. The second-order valence-corrected chi connectivity index (χ2v) is 5.19. The van der Waals surface area contributed by atoms with E-state index in [1.165, 1.54) is 0 Å². The van der Waals surface area contributed by atoms with E-state index in [1.54, 1.807) is 6.92 Å². The Balaban J connectivity index is 1.77. The molecule has 2 bridgehead atoms. The van der Waals surface area contributed by atoms with Crippen molar-refractivity contribution in [2.24, 2.45) is 17.8 Å². The van der Waals surface area contributed by atoms with Crippen molar-refractivity contribution in [1.82, 2.24) is 5.32 Å². The van der Waals surface area contributed by atoms with Crippen molar-refractivity contribution in [1.29, 1.82) is 0 Å². The lowest BCUT2D eigenvalue weighted by Crippen LogP contribution is -2.41. The molecule has 5 atom stereocenters. The second kappa shape index (κ2) is 3.09. The summed E-state index contributed by atoms with van der Waals surface area (Å²) in [5, 5.41) is 2.96. The van der Waals surface area contributed by atoms with Crippen LogP contribution in [0.1, 0.15) is 19.8 Å². The van der Waals surface area contributed by atoms with Crippen molar-refractivity contribution < 1.29 is 14.3 Å². The van der Waals surface area contributed by atoms with Crippen LogP contribution in [0, 0.1) is 17.8 Å². The summed E-state index contributed by atoms with van der Waals surface area (Å²) in [6.07, 6.45) is 1.76. The van der Waals surface area contributed by atoms with Crippen LogP contribution in [0.4, 0.5) is 0 Å². The van der Waals surface area contributed by atoms with E-state index in [4.69, 9.17) is 4.74 Å². The van der Waals surface area contributed by atoms with Crippen LogP contribution in [0.2, 0.25) is 0 Å². The molecule has 0 spiro atoms. The Morgan fingerprint density at radius 1 is 1.50 bits per heavy atom. The van der Waals surface area contributed by atoms with Crippen LogP contribution in [-0.4, -0.2) is 24.0 Å². The lowest BCUT2D eigenvalue weighted by Gasteiger charge is -2.26. The zero-order valence-corrected chi connectivity index (χ0v) is 9.23. The summed E-state index contributed by atoms with van der Waals surface area (Å²) in [7, 11) is 0. The number of fused-ring (bicyclic) bond motifs is 1. The highest BCUT2D eigenvalue weighted by atomic mass is 16.5. The first kappa shape index (κ1) is 9.87. The van der Waals surface area contributed by atoms with E-state index in [1.807, 2.05) is 0 Å². The summed E-state index contributed by atoms with van der Waals surface area (Å²) in [5.74, 6) is 0.735. The predicted molar refractivity (Wildman–Crippen MR) is 56.3 cm³/mol. The molecule has 3 fully saturated rings. The highest BCUT2D eigenvalue weighted by molar-refractivity contribution is 5.87. The van der Waals surface area contributed by atoms with Crippen LogP contribution >= 0.6 is 0 Å². The van der Waals surface area contributed by atoms with E-state index in [2.05, 4.69) is 11.9 Å². The van der Waals surface area contributed by atoms with Crippen LogP contribution < -0.4 is 5.32 Å². The number of nitrogens with one attached hydrogen (secondary N) is 1. The van der Waals surface area contributed by atoms with Crippen molar-refractivity contribution in [2.75, 3.05) is 0 Å². The molecule has 1 amide bonds. The van der Waals surface area contributed by atoms with E-state index >= 15 is 0 Å². The third kappa shape index (κ3) is 1.16. The summed E-state index contributed by atoms with van der Waals surface area (Å²) in [6.45, 7) is 5.22. The largest absolute Gasteiger partial charge is 0.457 e. The number of hydrogen-bond donors (Lipinski definition) is 1. The zero-order chi connectivity index (χ0) is 11.4. The fourth-order valence-corrected chi connectivity index (χ4v) is 3.47. The maximum atomic E-state index is 11.6. The summed E-state index contributed by atoms with van der Waals surface area (Å²) < 4.78 is 5.43. The van der Waals surface area contributed by atoms with Gasteiger partial charge in [-0.15, -0.1) is 0 Å². The molecule has 1 aliphatic heterocycles. The minimum atomic E-state index is -0.338. The van der Waals surface area contributed by atoms with Gasteiger partial charge in [0.05, 0.1) is 6.04 Å². The Hall–Kier alpha value is -1.32. The first-order valence-electron chi connectivity index (χ1n) is 5.75. The molecule has 5 unspecified atom stereocenters. The maximum Gasteiger partial charge on any atom is 0.333 e. The first-order valence-corrected chi connectivity index (χ1v) is 5.75. The van der Waals surface area contributed by atoms with Crippen molar-refractivity contribution >= 4 is 11.9 Å². The van der Waals surface area contributed by atoms with E-state index in [0.29, 0.717) is 17.4 Å². The fraction of sp³-hybridized carbons (Fsp3) is 0.667. The van der Waals surface area contributed by atoms with Gasteiger partial charge in [0.1, 0.15) is 6.10 Å². The Labute approximate surface area is 94.0 Å². The van der Waals surface area contributed by atoms with Crippen LogP contribution in [0.3, 0.4) is 0 Å². The smallest absolute Gasteiger partial charge is 0.333 e. The van der Waals surface area contributed by atoms with Gasteiger partial charge in [0, 0.05) is 11.5 Å². The molecule has 1 N–H and O–H groups in total. The molecule has 2 aliphatic carbocycles. The molecule has 4 heteroatoms. The molecule has 86 valence electrons. The Kier molecular flexibility index (Phi) is 1.91. The van der Waals surface area contributed by atoms with Gasteiger partial charge in [-0.1, -0.05) is 6.58 Å². The summed E-state index contributed by atoms with van der Waals surface area (Å²) >= 11 is 0. The molecule has 0 radical (unpaired) electrons. The van der Waals surface area contributed by atoms with Crippen LogP contribution in [0.5, 0.6) is 0 Å². The minimum absolute atomic E-state index is 0.0551. The number of hydrogen-bond acceptors (Lipinski definition) is 3. The number of rotatable bonds is 2. The molecule has 4 nitrogen and oxygen atoms in total. The van der Waals surface area contributed by atoms with Gasteiger partial charge in [0.2, 0.25) is 5.91 Å². The molecule has 2 saturated carbocycles. The van der Waals surface area contributed by atoms with Crippen molar-refractivity contribution in [3.05, 3.63) is 12.2 Å². The Morgan fingerprint density at radius 2 is 2.25 bits per heavy atom.